The SMILES string of the molecule is NC(=O)C1=CC(C(F)F)(C23CCC(c4nc(-c5ccc(Cl)c(F)c5)no4)(CC2)C(O)C3)NO1. The molecule has 3 aliphatic carbocycles. The third-order valence-corrected chi connectivity index (χ3v) is 7.81. The van der Waals surface area contributed by atoms with Crippen molar-refractivity contribution in [3.05, 3.63) is 46.8 Å². The first-order valence-corrected chi connectivity index (χ1v) is 10.7. The number of nitrogens with zero attached hydrogens (tertiary/aromatic N) is 2. The number of carbonyl (C=O) groups excluding carboxylic acids is 1. The van der Waals surface area contributed by atoms with Crippen LogP contribution >= 0.6 is 11.6 Å². The number of aromatic nitrogens is 2. The van der Waals surface area contributed by atoms with Gasteiger partial charge in [-0.15, -0.1) is 5.48 Å². The van der Waals surface area contributed by atoms with Crippen LogP contribution < -0.4 is 11.2 Å². The number of fused-ring (bicyclic) bond motifs is 3. The fraction of sp³-hybridized carbons (Fsp3) is 0.476. The van der Waals surface area contributed by atoms with Crippen LogP contribution in [0.15, 0.2) is 34.6 Å². The summed E-state index contributed by atoms with van der Waals surface area (Å²) in [5, 5.41) is 15.0. The van der Waals surface area contributed by atoms with Crippen molar-refractivity contribution in [1.29, 1.82) is 0 Å². The van der Waals surface area contributed by atoms with Gasteiger partial charge in [-0.1, -0.05) is 16.8 Å². The predicted octanol–water partition coefficient (Wildman–Crippen LogP) is 3.00. The highest BCUT2D eigenvalue weighted by molar-refractivity contribution is 6.30. The number of amides is 1. The number of rotatable bonds is 5. The van der Waals surface area contributed by atoms with Crippen LogP contribution in [0.1, 0.15) is 38.0 Å². The summed E-state index contributed by atoms with van der Waals surface area (Å²) in [6, 6.07) is 4.10. The number of hydroxylamine groups is 1. The van der Waals surface area contributed by atoms with Gasteiger partial charge in [0.2, 0.25) is 17.5 Å². The number of nitrogens with one attached hydrogen (secondary N) is 1. The summed E-state index contributed by atoms with van der Waals surface area (Å²) in [6.45, 7) is 0. The van der Waals surface area contributed by atoms with Gasteiger partial charge in [-0.3, -0.25) is 4.79 Å². The van der Waals surface area contributed by atoms with E-state index in [-0.39, 0.29) is 41.8 Å². The number of hydrogen-bond donors (Lipinski definition) is 3. The Morgan fingerprint density at radius 3 is 2.61 bits per heavy atom. The lowest BCUT2D eigenvalue weighted by Gasteiger charge is -2.59. The van der Waals surface area contributed by atoms with Crippen molar-refractivity contribution >= 4 is 17.5 Å². The molecule has 1 aromatic heterocycles. The summed E-state index contributed by atoms with van der Waals surface area (Å²) >= 11 is 5.72. The Labute approximate surface area is 190 Å². The number of aliphatic hydroxyl groups is 1. The molecular weight excluding hydrogens is 465 g/mol. The maximum atomic E-state index is 14.4. The minimum atomic E-state index is -2.91. The number of alkyl halides is 2. The number of halogens is 4. The Hall–Kier alpha value is -2.63. The molecule has 12 heteroatoms. The van der Waals surface area contributed by atoms with Gasteiger partial charge in [0.25, 0.3) is 12.3 Å². The molecule has 2 aromatic rings. The topological polar surface area (TPSA) is 124 Å². The fourth-order valence-corrected chi connectivity index (χ4v) is 5.64. The van der Waals surface area contributed by atoms with Gasteiger partial charge < -0.3 is 20.2 Å². The van der Waals surface area contributed by atoms with Crippen LogP contribution in [0.2, 0.25) is 5.02 Å². The molecule has 4 aliphatic rings. The van der Waals surface area contributed by atoms with Crippen LogP contribution in [-0.4, -0.2) is 39.2 Å². The van der Waals surface area contributed by atoms with Crippen molar-refractivity contribution in [3.63, 3.8) is 0 Å². The highest BCUT2D eigenvalue weighted by atomic mass is 35.5. The molecule has 0 radical (unpaired) electrons. The third kappa shape index (κ3) is 3.09. The first-order chi connectivity index (χ1) is 15.6. The molecule has 6 rings (SSSR count). The summed E-state index contributed by atoms with van der Waals surface area (Å²) in [5.74, 6) is -1.67. The molecule has 176 valence electrons. The summed E-state index contributed by atoms with van der Waals surface area (Å²) in [7, 11) is 0. The summed E-state index contributed by atoms with van der Waals surface area (Å²) < 4.78 is 48.0. The number of benzene rings is 1. The van der Waals surface area contributed by atoms with Gasteiger partial charge in [0.15, 0.2) is 0 Å². The Morgan fingerprint density at radius 1 is 1.30 bits per heavy atom. The van der Waals surface area contributed by atoms with Gasteiger partial charge in [-0.2, -0.15) is 4.98 Å². The molecular formula is C21H20ClF3N4O4. The zero-order chi connectivity index (χ0) is 23.6. The lowest BCUT2D eigenvalue weighted by atomic mass is 9.47. The minimum Gasteiger partial charge on any atom is -0.402 e. The molecule has 3 saturated carbocycles. The number of carbonyl (C=O) groups is 1. The Balaban J connectivity index is 1.46. The van der Waals surface area contributed by atoms with Crippen molar-refractivity contribution in [3.8, 4) is 11.4 Å². The number of aliphatic hydroxyl groups excluding tert-OH is 1. The number of hydrogen-bond acceptors (Lipinski definition) is 7. The van der Waals surface area contributed by atoms with Crippen molar-refractivity contribution in [2.24, 2.45) is 11.1 Å². The van der Waals surface area contributed by atoms with E-state index in [1.54, 1.807) is 6.07 Å². The smallest absolute Gasteiger partial charge is 0.286 e. The second-order valence-electron chi connectivity index (χ2n) is 8.96. The van der Waals surface area contributed by atoms with Gasteiger partial charge in [0.1, 0.15) is 11.4 Å². The third-order valence-electron chi connectivity index (χ3n) is 7.50. The van der Waals surface area contributed by atoms with Crippen LogP contribution in [0.4, 0.5) is 13.2 Å². The highest BCUT2D eigenvalue weighted by Crippen LogP contribution is 2.63. The van der Waals surface area contributed by atoms with Gasteiger partial charge in [-0.05, 0) is 56.4 Å². The van der Waals surface area contributed by atoms with E-state index in [1.807, 2.05) is 0 Å². The highest BCUT2D eigenvalue weighted by Gasteiger charge is 2.68. The summed E-state index contributed by atoms with van der Waals surface area (Å²) in [4.78, 5) is 20.9. The Bertz CT molecular complexity index is 1150. The Kier molecular flexibility index (Phi) is 5.00. The molecule has 0 spiro atoms. The van der Waals surface area contributed by atoms with Gasteiger partial charge >= 0.3 is 0 Å². The van der Waals surface area contributed by atoms with E-state index in [4.69, 9.17) is 26.7 Å². The van der Waals surface area contributed by atoms with Crippen molar-refractivity contribution in [1.82, 2.24) is 15.6 Å². The van der Waals surface area contributed by atoms with Crippen LogP contribution in [0.25, 0.3) is 11.4 Å². The van der Waals surface area contributed by atoms with E-state index in [9.17, 15) is 23.1 Å². The van der Waals surface area contributed by atoms with Gasteiger partial charge in [0, 0.05) is 11.0 Å². The van der Waals surface area contributed by atoms with Crippen LogP contribution in [0, 0.1) is 11.2 Å². The largest absolute Gasteiger partial charge is 0.402 e. The standard InChI is InChI=1S/C21H20ClF3N4O4/c22-11-2-1-10(7-12(11)23)16-27-18(33-28-16)20-5-3-19(4-6-20,9-14(20)30)21(17(24)25)8-13(15(26)31)32-29-21/h1-2,7-8,14,17,29-30H,3-6,9H2,(H2,26,31). The van der Waals surface area contributed by atoms with E-state index in [2.05, 4.69) is 15.6 Å². The van der Waals surface area contributed by atoms with Crippen LogP contribution in [0.3, 0.4) is 0 Å². The van der Waals surface area contributed by atoms with Crippen LogP contribution in [0.5, 0.6) is 0 Å². The molecule has 2 unspecified atom stereocenters. The summed E-state index contributed by atoms with van der Waals surface area (Å²) in [6.07, 6.45) is -1.81. The predicted molar refractivity (Wildman–Crippen MR) is 108 cm³/mol. The van der Waals surface area contributed by atoms with E-state index >= 15 is 0 Å². The Morgan fingerprint density at radius 2 is 2.03 bits per heavy atom. The first-order valence-electron chi connectivity index (χ1n) is 10.3. The monoisotopic (exact) mass is 484 g/mol. The molecule has 1 amide bonds. The quantitative estimate of drug-likeness (QED) is 0.596. The fourth-order valence-electron chi connectivity index (χ4n) is 5.52. The van der Waals surface area contributed by atoms with Gasteiger partial charge in [0.05, 0.1) is 16.5 Å². The molecule has 1 aliphatic heterocycles. The van der Waals surface area contributed by atoms with E-state index < -0.39 is 40.6 Å². The normalized spacial score (nSPS) is 33.3. The molecule has 2 heterocycles. The molecule has 0 saturated heterocycles. The maximum absolute atomic E-state index is 14.4. The second kappa shape index (κ2) is 7.44. The van der Waals surface area contributed by atoms with Gasteiger partial charge in [-0.25, -0.2) is 13.2 Å². The molecule has 3 fully saturated rings. The average Bonchev–Trinajstić information content (AvgIpc) is 3.46. The lowest BCUT2D eigenvalue weighted by Crippen LogP contribution is -2.67. The lowest BCUT2D eigenvalue weighted by molar-refractivity contribution is -0.164. The van der Waals surface area contributed by atoms with E-state index in [0.29, 0.717) is 18.4 Å². The maximum Gasteiger partial charge on any atom is 0.286 e. The first kappa shape index (κ1) is 22.2. The van der Waals surface area contributed by atoms with Crippen molar-refractivity contribution in [2.45, 2.75) is 55.6 Å². The number of nitrogens with two attached hydrogens (primary N) is 1. The summed E-state index contributed by atoms with van der Waals surface area (Å²) in [5.41, 5.74) is 3.94. The average molecular weight is 485 g/mol. The van der Waals surface area contributed by atoms with Crippen molar-refractivity contribution in [2.75, 3.05) is 0 Å². The molecule has 33 heavy (non-hydrogen) atoms. The van der Waals surface area contributed by atoms with E-state index in [0.717, 1.165) is 6.08 Å². The zero-order valence-corrected chi connectivity index (χ0v) is 17.9. The molecule has 4 N–H and O–H groups in total. The molecule has 2 bridgehead atoms. The van der Waals surface area contributed by atoms with Crippen molar-refractivity contribution < 1.29 is 32.4 Å². The zero-order valence-electron chi connectivity index (χ0n) is 17.2. The second-order valence-corrected chi connectivity index (χ2v) is 9.36. The molecule has 2 atom stereocenters. The molecule has 8 nitrogen and oxygen atoms in total. The minimum absolute atomic E-state index is 0.0104. The number of primary amides is 1. The van der Waals surface area contributed by atoms with E-state index in [1.165, 1.54) is 12.1 Å². The van der Waals surface area contributed by atoms with Crippen LogP contribution in [-0.2, 0) is 15.0 Å². The molecule has 1 aromatic carbocycles.